The number of carbonyl (C=O) groups is 2. The van der Waals surface area contributed by atoms with Crippen molar-refractivity contribution in [1.29, 1.82) is 0 Å². The van der Waals surface area contributed by atoms with Crippen molar-refractivity contribution in [2.24, 2.45) is 9.98 Å². The number of aliphatic imine (C=N–C) groups is 2. The van der Waals surface area contributed by atoms with Crippen LogP contribution in [-0.2, 0) is 9.53 Å². The first kappa shape index (κ1) is 22.5. The zero-order valence-corrected chi connectivity index (χ0v) is 19.2. The number of hydrogen-bond donors (Lipinski definition) is 1. The predicted molar refractivity (Wildman–Crippen MR) is 134 cm³/mol. The van der Waals surface area contributed by atoms with E-state index >= 15 is 0 Å². The van der Waals surface area contributed by atoms with Crippen LogP contribution in [0.15, 0.2) is 82.8 Å². The number of carbonyl (C=O) groups excluding carboxylic acids is 2. The van der Waals surface area contributed by atoms with Gasteiger partial charge in [0, 0.05) is 6.42 Å². The number of aryl methyl sites for hydroxylation is 1. The molecule has 1 amide bonds. The first-order chi connectivity index (χ1) is 16.0. The second kappa shape index (κ2) is 10.3. The van der Waals surface area contributed by atoms with Crippen molar-refractivity contribution in [3.05, 3.63) is 89.5 Å². The molecule has 0 saturated carbocycles. The Morgan fingerprint density at radius 2 is 1.61 bits per heavy atom. The van der Waals surface area contributed by atoms with Crippen LogP contribution in [0.5, 0.6) is 0 Å². The van der Waals surface area contributed by atoms with Gasteiger partial charge >= 0.3 is 5.97 Å². The van der Waals surface area contributed by atoms with Gasteiger partial charge in [-0.1, -0.05) is 54.1 Å². The Balaban J connectivity index is 1.52. The number of ether oxygens (including phenoxy) is 1. The first-order valence-electron chi connectivity index (χ1n) is 10.4. The second-order valence-corrected chi connectivity index (χ2v) is 8.52. The zero-order valence-electron chi connectivity index (χ0n) is 18.4. The molecule has 0 unspecified atom stereocenters. The van der Waals surface area contributed by atoms with Crippen LogP contribution in [0.2, 0.25) is 0 Å². The smallest absolute Gasteiger partial charge is 0.339 e. The van der Waals surface area contributed by atoms with Crippen LogP contribution < -0.4 is 5.32 Å². The maximum Gasteiger partial charge on any atom is 0.339 e. The average molecular weight is 458 g/mol. The fourth-order valence-corrected chi connectivity index (χ4v) is 4.14. The van der Waals surface area contributed by atoms with Crippen molar-refractivity contribution in [1.82, 2.24) is 0 Å². The molecule has 6 nitrogen and oxygen atoms in total. The van der Waals surface area contributed by atoms with Crippen LogP contribution in [0.1, 0.15) is 27.9 Å². The van der Waals surface area contributed by atoms with E-state index in [0.717, 1.165) is 27.7 Å². The summed E-state index contributed by atoms with van der Waals surface area (Å²) in [7, 11) is 1.31. The van der Waals surface area contributed by atoms with Crippen molar-refractivity contribution < 1.29 is 14.3 Å². The van der Waals surface area contributed by atoms with Crippen molar-refractivity contribution in [3.8, 4) is 0 Å². The summed E-state index contributed by atoms with van der Waals surface area (Å²) in [5.74, 6) is -0.579. The Hall–Kier alpha value is -3.71. The van der Waals surface area contributed by atoms with E-state index < -0.39 is 5.97 Å². The van der Waals surface area contributed by atoms with E-state index in [0.29, 0.717) is 17.7 Å². The third-order valence-electron chi connectivity index (χ3n) is 5.06. The summed E-state index contributed by atoms with van der Waals surface area (Å²) in [6.45, 7) is 2.05. The molecule has 0 fully saturated rings. The number of thioether (sulfide) groups is 1. The molecule has 0 radical (unpaired) electrons. The summed E-state index contributed by atoms with van der Waals surface area (Å²) in [6, 6.07) is 22.7. The second-order valence-electron chi connectivity index (χ2n) is 7.47. The molecule has 3 aromatic carbocycles. The Morgan fingerprint density at radius 1 is 0.939 bits per heavy atom. The lowest BCUT2D eigenvalue weighted by Gasteiger charge is -2.10. The van der Waals surface area contributed by atoms with Crippen LogP contribution in [0.3, 0.4) is 0 Å². The molecule has 1 N–H and O–H groups in total. The Bertz CT molecular complexity index is 1250. The van der Waals surface area contributed by atoms with Crippen LogP contribution in [0, 0.1) is 6.92 Å². The van der Waals surface area contributed by atoms with E-state index in [-0.39, 0.29) is 11.7 Å². The van der Waals surface area contributed by atoms with Gasteiger partial charge in [-0.15, -0.1) is 11.8 Å². The van der Waals surface area contributed by atoms with Gasteiger partial charge in [-0.3, -0.25) is 9.79 Å². The van der Waals surface area contributed by atoms with Gasteiger partial charge in [0.1, 0.15) is 0 Å². The van der Waals surface area contributed by atoms with Crippen molar-refractivity contribution in [2.75, 3.05) is 18.2 Å². The highest BCUT2D eigenvalue weighted by molar-refractivity contribution is 8.14. The third-order valence-corrected chi connectivity index (χ3v) is 6.04. The largest absolute Gasteiger partial charge is 0.465 e. The predicted octanol–water partition coefficient (Wildman–Crippen LogP) is 5.71. The zero-order chi connectivity index (χ0) is 23.2. The molecule has 0 aromatic heterocycles. The van der Waals surface area contributed by atoms with Gasteiger partial charge in [0.05, 0.1) is 46.2 Å². The minimum atomic E-state index is -0.498. The van der Waals surface area contributed by atoms with Gasteiger partial charge in [0.2, 0.25) is 5.91 Å². The number of benzene rings is 3. The molecule has 0 atom stereocenters. The number of rotatable bonds is 5. The lowest BCUT2D eigenvalue weighted by atomic mass is 10.1. The molecular weight excluding hydrogens is 434 g/mol. The minimum Gasteiger partial charge on any atom is -0.465 e. The molecule has 0 saturated heterocycles. The number of anilines is 1. The number of fused-ring (bicyclic) bond motifs is 1. The maximum atomic E-state index is 12.7. The van der Waals surface area contributed by atoms with Crippen molar-refractivity contribution in [2.45, 2.75) is 13.3 Å². The summed E-state index contributed by atoms with van der Waals surface area (Å²) < 4.78 is 4.79. The van der Waals surface area contributed by atoms with E-state index in [1.54, 1.807) is 24.3 Å². The van der Waals surface area contributed by atoms with Gasteiger partial charge in [0.15, 0.2) is 0 Å². The highest BCUT2D eigenvalue weighted by Crippen LogP contribution is 2.33. The van der Waals surface area contributed by atoms with E-state index in [1.165, 1.54) is 24.4 Å². The quantitative estimate of drug-likeness (QED) is 0.498. The summed E-state index contributed by atoms with van der Waals surface area (Å²) in [5.41, 5.74) is 5.43. The standard InChI is InChI=1S/C26H23N3O3S/c1-17-11-13-18(14-12-17)23-15-25(29-22-10-6-5-9-21(22)27-23)33-16-24(30)28-20-8-4-3-7-19(20)26(31)32-2/h3-14H,15-16H2,1-2H3,(H,28,30). The van der Waals surface area contributed by atoms with Crippen LogP contribution in [-0.4, -0.2) is 35.5 Å². The Morgan fingerprint density at radius 3 is 2.33 bits per heavy atom. The van der Waals surface area contributed by atoms with E-state index in [2.05, 4.69) is 29.6 Å². The Labute approximate surface area is 196 Å². The maximum absolute atomic E-state index is 12.7. The molecule has 0 bridgehead atoms. The SMILES string of the molecule is COC(=O)c1ccccc1NC(=O)CSC1=Nc2ccccc2N=C(c2ccc(C)cc2)C1. The number of methoxy groups -OCH3 is 1. The van der Waals surface area contributed by atoms with Gasteiger partial charge < -0.3 is 10.1 Å². The molecule has 0 spiro atoms. The van der Waals surface area contributed by atoms with Crippen molar-refractivity contribution in [3.63, 3.8) is 0 Å². The molecule has 7 heteroatoms. The number of nitrogens with zero attached hydrogens (tertiary/aromatic N) is 2. The first-order valence-corrected chi connectivity index (χ1v) is 11.4. The molecule has 0 aliphatic carbocycles. The number of esters is 1. The number of para-hydroxylation sites is 3. The lowest BCUT2D eigenvalue weighted by Crippen LogP contribution is -2.18. The van der Waals surface area contributed by atoms with Gasteiger partial charge in [-0.05, 0) is 36.8 Å². The van der Waals surface area contributed by atoms with Gasteiger partial charge in [-0.2, -0.15) is 0 Å². The number of nitrogens with one attached hydrogen (secondary N) is 1. The monoisotopic (exact) mass is 457 g/mol. The fourth-order valence-electron chi connectivity index (χ4n) is 3.37. The molecule has 1 aliphatic rings. The van der Waals surface area contributed by atoms with Gasteiger partial charge in [-0.25, -0.2) is 9.79 Å². The van der Waals surface area contributed by atoms with Crippen LogP contribution in [0.4, 0.5) is 17.1 Å². The minimum absolute atomic E-state index is 0.150. The van der Waals surface area contributed by atoms with Crippen LogP contribution >= 0.6 is 11.8 Å². The lowest BCUT2D eigenvalue weighted by molar-refractivity contribution is -0.113. The third kappa shape index (κ3) is 5.56. The molecule has 166 valence electrons. The molecular formula is C26H23N3O3S. The topological polar surface area (TPSA) is 80.1 Å². The summed E-state index contributed by atoms with van der Waals surface area (Å²) in [6.07, 6.45) is 0.522. The summed E-state index contributed by atoms with van der Waals surface area (Å²) >= 11 is 1.36. The van der Waals surface area contributed by atoms with E-state index in [9.17, 15) is 9.59 Å². The number of hydrogen-bond acceptors (Lipinski definition) is 6. The summed E-state index contributed by atoms with van der Waals surface area (Å²) in [4.78, 5) is 34.3. The highest BCUT2D eigenvalue weighted by atomic mass is 32.2. The molecule has 33 heavy (non-hydrogen) atoms. The van der Waals surface area contributed by atoms with Gasteiger partial charge in [0.25, 0.3) is 0 Å². The molecule has 4 rings (SSSR count). The Kier molecular flexibility index (Phi) is 7.00. The highest BCUT2D eigenvalue weighted by Gasteiger charge is 2.18. The average Bonchev–Trinajstić information content (AvgIpc) is 3.02. The molecule has 1 aliphatic heterocycles. The molecule has 3 aromatic rings. The normalized spacial score (nSPS) is 12.7. The van der Waals surface area contributed by atoms with Crippen LogP contribution in [0.25, 0.3) is 0 Å². The van der Waals surface area contributed by atoms with E-state index in [4.69, 9.17) is 14.7 Å². The van der Waals surface area contributed by atoms with Crippen molar-refractivity contribution >= 4 is 51.5 Å². The molecule has 1 heterocycles. The van der Waals surface area contributed by atoms with E-state index in [1.807, 2.05) is 31.2 Å². The fraction of sp³-hybridized carbons (Fsp3) is 0.154. The summed E-state index contributed by atoms with van der Waals surface area (Å²) in [5, 5.41) is 3.60. The number of amides is 1.